The van der Waals surface area contributed by atoms with Gasteiger partial charge < -0.3 is 10.8 Å². The largest absolute Gasteiger partial charge is 0.480 e. The van der Waals surface area contributed by atoms with Gasteiger partial charge in [0, 0.05) is 12.4 Å². The van der Waals surface area contributed by atoms with Crippen LogP contribution in [0.4, 0.5) is 0 Å². The zero-order chi connectivity index (χ0) is 11.3. The van der Waals surface area contributed by atoms with Crippen molar-refractivity contribution in [2.75, 3.05) is 12.0 Å². The van der Waals surface area contributed by atoms with Crippen molar-refractivity contribution in [2.24, 2.45) is 5.73 Å². The van der Waals surface area contributed by atoms with Gasteiger partial charge in [-0.2, -0.15) is 11.8 Å². The number of hydrogen-bond donors (Lipinski definition) is 2. The van der Waals surface area contributed by atoms with E-state index in [0.29, 0.717) is 17.7 Å². The van der Waals surface area contributed by atoms with Crippen molar-refractivity contribution in [1.29, 1.82) is 0 Å². The number of rotatable bonds is 5. The van der Waals surface area contributed by atoms with Crippen LogP contribution in [-0.2, 0) is 10.3 Å². The lowest BCUT2D eigenvalue weighted by molar-refractivity contribution is -0.143. The van der Waals surface area contributed by atoms with Gasteiger partial charge in [-0.15, -0.1) is 0 Å². The van der Waals surface area contributed by atoms with Crippen molar-refractivity contribution in [3.05, 3.63) is 30.1 Å². The Balaban J connectivity index is 2.96. The summed E-state index contributed by atoms with van der Waals surface area (Å²) >= 11 is 1.58. The number of nitrogens with zero attached hydrogens (tertiary/aromatic N) is 1. The van der Waals surface area contributed by atoms with E-state index >= 15 is 0 Å². The summed E-state index contributed by atoms with van der Waals surface area (Å²) in [6, 6.07) is 3.29. The first-order valence-electron chi connectivity index (χ1n) is 4.53. The van der Waals surface area contributed by atoms with Crippen LogP contribution in [0.1, 0.15) is 12.0 Å². The fourth-order valence-corrected chi connectivity index (χ4v) is 1.81. The molecule has 0 saturated carbocycles. The molecule has 0 radical (unpaired) electrons. The van der Waals surface area contributed by atoms with Gasteiger partial charge in [-0.05, 0) is 36.1 Å². The van der Waals surface area contributed by atoms with E-state index in [9.17, 15) is 4.79 Å². The Labute approximate surface area is 92.9 Å². The van der Waals surface area contributed by atoms with Gasteiger partial charge in [0.2, 0.25) is 0 Å². The summed E-state index contributed by atoms with van der Waals surface area (Å²) in [4.78, 5) is 15.0. The molecule has 82 valence electrons. The molecule has 0 aliphatic heterocycles. The minimum atomic E-state index is -1.30. The predicted octanol–water partition coefficient (Wildman–Crippen LogP) is 1.07. The molecule has 0 aromatic carbocycles. The smallest absolute Gasteiger partial charge is 0.328 e. The average molecular weight is 226 g/mol. The SMILES string of the molecule is CSCCC(N)(C(=O)O)c1ccncc1. The molecule has 3 N–H and O–H groups in total. The van der Waals surface area contributed by atoms with Gasteiger partial charge in [-0.1, -0.05) is 0 Å². The quantitative estimate of drug-likeness (QED) is 0.785. The second-order valence-corrected chi connectivity index (χ2v) is 4.24. The van der Waals surface area contributed by atoms with Gasteiger partial charge in [0.25, 0.3) is 0 Å². The van der Waals surface area contributed by atoms with E-state index < -0.39 is 11.5 Å². The first kappa shape index (κ1) is 12.0. The molecule has 1 unspecified atom stereocenters. The number of hydrogen-bond acceptors (Lipinski definition) is 4. The van der Waals surface area contributed by atoms with E-state index in [1.807, 2.05) is 6.26 Å². The molecule has 0 bridgehead atoms. The summed E-state index contributed by atoms with van der Waals surface area (Å²) < 4.78 is 0. The summed E-state index contributed by atoms with van der Waals surface area (Å²) in [7, 11) is 0. The Morgan fingerprint density at radius 1 is 1.60 bits per heavy atom. The molecule has 1 rings (SSSR count). The zero-order valence-electron chi connectivity index (χ0n) is 8.51. The van der Waals surface area contributed by atoms with E-state index in [1.54, 1.807) is 36.3 Å². The number of carboxylic acid groups (broad SMARTS) is 1. The van der Waals surface area contributed by atoms with E-state index in [4.69, 9.17) is 10.8 Å². The Hall–Kier alpha value is -1.07. The topological polar surface area (TPSA) is 76.2 Å². The second kappa shape index (κ2) is 5.14. The van der Waals surface area contributed by atoms with Crippen molar-refractivity contribution < 1.29 is 9.90 Å². The Morgan fingerprint density at radius 3 is 2.67 bits per heavy atom. The van der Waals surface area contributed by atoms with Gasteiger partial charge >= 0.3 is 5.97 Å². The summed E-state index contributed by atoms with van der Waals surface area (Å²) in [5.74, 6) is -0.284. The summed E-state index contributed by atoms with van der Waals surface area (Å²) in [5, 5.41) is 9.16. The van der Waals surface area contributed by atoms with E-state index in [-0.39, 0.29) is 0 Å². The van der Waals surface area contributed by atoms with E-state index in [0.717, 1.165) is 0 Å². The highest BCUT2D eigenvalue weighted by molar-refractivity contribution is 7.98. The number of aromatic nitrogens is 1. The molecule has 1 heterocycles. The maximum atomic E-state index is 11.2. The van der Waals surface area contributed by atoms with Crippen LogP contribution < -0.4 is 5.73 Å². The molecule has 1 aromatic heterocycles. The zero-order valence-corrected chi connectivity index (χ0v) is 9.33. The molecular formula is C10H14N2O2S. The van der Waals surface area contributed by atoms with Crippen molar-refractivity contribution in [3.8, 4) is 0 Å². The highest BCUT2D eigenvalue weighted by Crippen LogP contribution is 2.23. The van der Waals surface area contributed by atoms with Gasteiger partial charge in [0.15, 0.2) is 0 Å². The molecule has 4 nitrogen and oxygen atoms in total. The number of carboxylic acids is 1. The standard InChI is InChI=1S/C10H14N2O2S/c1-15-7-4-10(11,9(13)14)8-2-5-12-6-3-8/h2-3,5-6H,4,7,11H2,1H3,(H,13,14). The number of nitrogens with two attached hydrogens (primary N) is 1. The lowest BCUT2D eigenvalue weighted by atomic mass is 9.89. The minimum Gasteiger partial charge on any atom is -0.480 e. The molecule has 15 heavy (non-hydrogen) atoms. The third-order valence-corrected chi connectivity index (χ3v) is 2.89. The maximum Gasteiger partial charge on any atom is 0.328 e. The van der Waals surface area contributed by atoms with Gasteiger partial charge in [-0.25, -0.2) is 4.79 Å². The summed E-state index contributed by atoms with van der Waals surface area (Å²) in [6.45, 7) is 0. The predicted molar refractivity (Wildman–Crippen MR) is 60.7 cm³/mol. The summed E-state index contributed by atoms with van der Waals surface area (Å²) in [5.41, 5.74) is 5.20. The molecule has 0 amide bonds. The maximum absolute atomic E-state index is 11.2. The molecule has 1 atom stereocenters. The van der Waals surface area contributed by atoms with Crippen molar-refractivity contribution in [3.63, 3.8) is 0 Å². The van der Waals surface area contributed by atoms with Crippen LogP contribution in [-0.4, -0.2) is 28.1 Å². The first-order valence-corrected chi connectivity index (χ1v) is 5.92. The fourth-order valence-electron chi connectivity index (χ4n) is 1.29. The van der Waals surface area contributed by atoms with Crippen LogP contribution in [0.5, 0.6) is 0 Å². The highest BCUT2D eigenvalue weighted by Gasteiger charge is 2.35. The Bertz CT molecular complexity index is 331. The number of aliphatic carboxylic acids is 1. The molecular weight excluding hydrogens is 212 g/mol. The van der Waals surface area contributed by atoms with Crippen LogP contribution in [0.2, 0.25) is 0 Å². The molecule has 0 fully saturated rings. The first-order chi connectivity index (χ1) is 7.11. The molecule has 1 aromatic rings. The van der Waals surface area contributed by atoms with Crippen LogP contribution in [0.3, 0.4) is 0 Å². The van der Waals surface area contributed by atoms with Gasteiger partial charge in [0.05, 0.1) is 0 Å². The highest BCUT2D eigenvalue weighted by atomic mass is 32.2. The minimum absolute atomic E-state index is 0.410. The van der Waals surface area contributed by atoms with E-state index in [2.05, 4.69) is 4.98 Å². The molecule has 0 spiro atoms. The van der Waals surface area contributed by atoms with E-state index in [1.165, 1.54) is 0 Å². The monoisotopic (exact) mass is 226 g/mol. The number of carbonyl (C=O) groups is 1. The molecule has 5 heteroatoms. The van der Waals surface area contributed by atoms with Crippen molar-refractivity contribution in [2.45, 2.75) is 12.0 Å². The average Bonchev–Trinajstić information content (AvgIpc) is 2.27. The van der Waals surface area contributed by atoms with Crippen LogP contribution in [0.25, 0.3) is 0 Å². The normalized spacial score (nSPS) is 14.5. The molecule has 0 aliphatic carbocycles. The Morgan fingerprint density at radius 2 is 2.20 bits per heavy atom. The lowest BCUT2D eigenvalue weighted by Crippen LogP contribution is -2.45. The third-order valence-electron chi connectivity index (χ3n) is 2.28. The van der Waals surface area contributed by atoms with Crippen LogP contribution in [0.15, 0.2) is 24.5 Å². The van der Waals surface area contributed by atoms with Crippen LogP contribution >= 0.6 is 11.8 Å². The molecule has 0 saturated heterocycles. The van der Waals surface area contributed by atoms with Crippen molar-refractivity contribution >= 4 is 17.7 Å². The number of pyridine rings is 1. The Kier molecular flexibility index (Phi) is 4.11. The summed E-state index contributed by atoms with van der Waals surface area (Å²) in [6.07, 6.45) is 5.44. The lowest BCUT2D eigenvalue weighted by Gasteiger charge is -2.24. The van der Waals surface area contributed by atoms with Gasteiger partial charge in [-0.3, -0.25) is 4.98 Å². The second-order valence-electron chi connectivity index (χ2n) is 3.26. The van der Waals surface area contributed by atoms with Gasteiger partial charge in [0.1, 0.15) is 5.54 Å². The fraction of sp³-hybridized carbons (Fsp3) is 0.400. The number of thioether (sulfide) groups is 1. The third kappa shape index (κ3) is 2.70. The van der Waals surface area contributed by atoms with Crippen molar-refractivity contribution in [1.82, 2.24) is 4.98 Å². The van der Waals surface area contributed by atoms with Crippen LogP contribution in [0, 0.1) is 0 Å². The molecule has 0 aliphatic rings.